The van der Waals surface area contributed by atoms with E-state index >= 15 is 0 Å². The number of hydrogen-bond donors (Lipinski definition) is 2. The number of rotatable bonds is 7. The van der Waals surface area contributed by atoms with Gasteiger partial charge in [0, 0.05) is 53.0 Å². The number of methoxy groups -OCH3 is 1. The molecule has 1 aliphatic carbocycles. The SMILES string of the molecule is CN=C(NCC1(C)CCCC1)NC1CCN(CCCOC)CC1. The Kier molecular flexibility index (Phi) is 7.63. The molecule has 0 radical (unpaired) electrons. The van der Waals surface area contributed by atoms with Gasteiger partial charge in [-0.2, -0.15) is 0 Å². The van der Waals surface area contributed by atoms with Gasteiger partial charge >= 0.3 is 0 Å². The summed E-state index contributed by atoms with van der Waals surface area (Å²) >= 11 is 0. The molecule has 0 atom stereocenters. The molecule has 134 valence electrons. The topological polar surface area (TPSA) is 48.9 Å². The first-order valence-corrected chi connectivity index (χ1v) is 9.34. The van der Waals surface area contributed by atoms with Gasteiger partial charge in [-0.3, -0.25) is 4.99 Å². The average molecular weight is 325 g/mol. The molecule has 1 aliphatic heterocycles. The van der Waals surface area contributed by atoms with Gasteiger partial charge in [-0.05, 0) is 37.5 Å². The molecule has 0 spiro atoms. The van der Waals surface area contributed by atoms with Crippen LogP contribution in [0.25, 0.3) is 0 Å². The molecule has 0 amide bonds. The van der Waals surface area contributed by atoms with E-state index in [4.69, 9.17) is 4.74 Å². The Hall–Kier alpha value is -0.810. The third kappa shape index (κ3) is 6.30. The van der Waals surface area contributed by atoms with Crippen molar-refractivity contribution in [1.82, 2.24) is 15.5 Å². The number of nitrogens with one attached hydrogen (secondary N) is 2. The number of nitrogens with zero attached hydrogens (tertiary/aromatic N) is 2. The minimum absolute atomic E-state index is 0.461. The Morgan fingerprint density at radius 2 is 1.96 bits per heavy atom. The van der Waals surface area contributed by atoms with Crippen LogP contribution in [-0.4, -0.2) is 63.8 Å². The number of ether oxygens (including phenoxy) is 1. The van der Waals surface area contributed by atoms with Gasteiger partial charge in [0.15, 0.2) is 5.96 Å². The van der Waals surface area contributed by atoms with Gasteiger partial charge in [0.05, 0.1) is 0 Å². The maximum Gasteiger partial charge on any atom is 0.191 e. The van der Waals surface area contributed by atoms with Crippen LogP contribution in [0.5, 0.6) is 0 Å². The third-order valence-electron chi connectivity index (χ3n) is 5.47. The van der Waals surface area contributed by atoms with Gasteiger partial charge in [0.2, 0.25) is 0 Å². The van der Waals surface area contributed by atoms with E-state index in [2.05, 4.69) is 27.4 Å². The van der Waals surface area contributed by atoms with E-state index in [1.54, 1.807) is 7.11 Å². The van der Waals surface area contributed by atoms with Crippen molar-refractivity contribution in [2.45, 2.75) is 57.9 Å². The molecule has 2 N–H and O–H groups in total. The average Bonchev–Trinajstić information content (AvgIpc) is 3.00. The summed E-state index contributed by atoms with van der Waals surface area (Å²) < 4.78 is 5.14. The molecule has 0 aromatic rings. The Bertz CT molecular complexity index is 358. The lowest BCUT2D eigenvalue weighted by Gasteiger charge is -2.33. The fourth-order valence-electron chi connectivity index (χ4n) is 3.82. The van der Waals surface area contributed by atoms with E-state index in [1.165, 1.54) is 51.6 Å². The zero-order chi connectivity index (χ0) is 16.5. The molecule has 2 rings (SSSR count). The summed E-state index contributed by atoms with van der Waals surface area (Å²) in [7, 11) is 3.66. The van der Waals surface area contributed by atoms with Crippen LogP contribution in [-0.2, 0) is 4.74 Å². The second kappa shape index (κ2) is 9.48. The van der Waals surface area contributed by atoms with Gasteiger partial charge in [0.25, 0.3) is 0 Å². The number of hydrogen-bond acceptors (Lipinski definition) is 3. The standard InChI is InChI=1S/C18H36N4O/c1-18(9-4-5-10-18)15-20-17(19-2)21-16-7-12-22(13-8-16)11-6-14-23-3/h16H,4-15H2,1-3H3,(H2,19,20,21). The minimum Gasteiger partial charge on any atom is -0.385 e. The predicted molar refractivity (Wildman–Crippen MR) is 97.0 cm³/mol. The first-order chi connectivity index (χ1) is 11.1. The summed E-state index contributed by atoms with van der Waals surface area (Å²) in [6.45, 7) is 7.83. The summed E-state index contributed by atoms with van der Waals surface area (Å²) in [5.74, 6) is 0.982. The lowest BCUT2D eigenvalue weighted by Crippen LogP contribution is -2.50. The zero-order valence-electron chi connectivity index (χ0n) is 15.4. The molecule has 0 unspecified atom stereocenters. The molecular formula is C18H36N4O. The van der Waals surface area contributed by atoms with Crippen LogP contribution in [0.4, 0.5) is 0 Å². The largest absolute Gasteiger partial charge is 0.385 e. The Balaban J connectivity index is 1.65. The second-order valence-corrected chi connectivity index (χ2v) is 7.55. The number of likely N-dealkylation sites (tertiary alicyclic amines) is 1. The number of aliphatic imine (C=N–C) groups is 1. The van der Waals surface area contributed by atoms with Gasteiger partial charge in [-0.15, -0.1) is 0 Å². The van der Waals surface area contributed by atoms with E-state index in [9.17, 15) is 0 Å². The second-order valence-electron chi connectivity index (χ2n) is 7.55. The molecule has 2 fully saturated rings. The fraction of sp³-hybridized carbons (Fsp3) is 0.944. The highest BCUT2D eigenvalue weighted by molar-refractivity contribution is 5.80. The molecule has 0 aromatic carbocycles. The van der Waals surface area contributed by atoms with Crippen LogP contribution in [0, 0.1) is 5.41 Å². The zero-order valence-corrected chi connectivity index (χ0v) is 15.4. The molecule has 2 aliphatic rings. The van der Waals surface area contributed by atoms with Crippen LogP contribution in [0.15, 0.2) is 4.99 Å². The third-order valence-corrected chi connectivity index (χ3v) is 5.47. The Morgan fingerprint density at radius 3 is 2.57 bits per heavy atom. The van der Waals surface area contributed by atoms with Crippen molar-refractivity contribution in [3.05, 3.63) is 0 Å². The van der Waals surface area contributed by atoms with Crippen LogP contribution >= 0.6 is 0 Å². The molecular weight excluding hydrogens is 288 g/mol. The molecule has 0 bridgehead atoms. The maximum absolute atomic E-state index is 5.14. The summed E-state index contributed by atoms with van der Waals surface area (Å²) in [6, 6.07) is 0.552. The monoisotopic (exact) mass is 324 g/mol. The molecule has 5 nitrogen and oxygen atoms in total. The van der Waals surface area contributed by atoms with E-state index in [1.807, 2.05) is 7.05 Å². The molecule has 23 heavy (non-hydrogen) atoms. The van der Waals surface area contributed by atoms with Crippen LogP contribution in [0.2, 0.25) is 0 Å². The molecule has 1 saturated carbocycles. The van der Waals surface area contributed by atoms with E-state index < -0.39 is 0 Å². The van der Waals surface area contributed by atoms with Crippen molar-refractivity contribution in [2.75, 3.05) is 46.9 Å². The van der Waals surface area contributed by atoms with Crippen molar-refractivity contribution in [2.24, 2.45) is 10.4 Å². The van der Waals surface area contributed by atoms with Gasteiger partial charge in [0.1, 0.15) is 0 Å². The molecule has 0 aromatic heterocycles. The van der Waals surface area contributed by atoms with Crippen LogP contribution < -0.4 is 10.6 Å². The first-order valence-electron chi connectivity index (χ1n) is 9.34. The van der Waals surface area contributed by atoms with Crippen molar-refractivity contribution < 1.29 is 4.74 Å². The van der Waals surface area contributed by atoms with Crippen LogP contribution in [0.3, 0.4) is 0 Å². The Morgan fingerprint density at radius 1 is 1.26 bits per heavy atom. The highest BCUT2D eigenvalue weighted by atomic mass is 16.5. The first kappa shape index (κ1) is 18.5. The van der Waals surface area contributed by atoms with Crippen LogP contribution in [0.1, 0.15) is 51.9 Å². The van der Waals surface area contributed by atoms with E-state index in [-0.39, 0.29) is 0 Å². The Labute approximate surface area is 142 Å². The summed E-state index contributed by atoms with van der Waals surface area (Å²) in [5, 5.41) is 7.18. The van der Waals surface area contributed by atoms with Gasteiger partial charge in [-0.25, -0.2) is 0 Å². The molecule has 1 saturated heterocycles. The van der Waals surface area contributed by atoms with E-state index in [0.29, 0.717) is 11.5 Å². The van der Waals surface area contributed by atoms with Crippen molar-refractivity contribution >= 4 is 5.96 Å². The van der Waals surface area contributed by atoms with Crippen molar-refractivity contribution in [3.63, 3.8) is 0 Å². The summed E-state index contributed by atoms with van der Waals surface area (Å²) in [5.41, 5.74) is 0.461. The maximum atomic E-state index is 5.14. The smallest absolute Gasteiger partial charge is 0.191 e. The summed E-state index contributed by atoms with van der Waals surface area (Å²) in [4.78, 5) is 6.97. The minimum atomic E-state index is 0.461. The van der Waals surface area contributed by atoms with Gasteiger partial charge in [-0.1, -0.05) is 19.8 Å². The normalized spacial score (nSPS) is 23.2. The highest BCUT2D eigenvalue weighted by Gasteiger charge is 2.29. The van der Waals surface area contributed by atoms with E-state index in [0.717, 1.165) is 32.1 Å². The van der Waals surface area contributed by atoms with Gasteiger partial charge < -0.3 is 20.3 Å². The lowest BCUT2D eigenvalue weighted by molar-refractivity contribution is 0.155. The quantitative estimate of drug-likeness (QED) is 0.428. The fourth-order valence-corrected chi connectivity index (χ4v) is 3.82. The van der Waals surface area contributed by atoms with Crippen molar-refractivity contribution in [1.29, 1.82) is 0 Å². The van der Waals surface area contributed by atoms with Crippen molar-refractivity contribution in [3.8, 4) is 0 Å². The number of piperidine rings is 1. The molecule has 5 heteroatoms. The number of guanidine groups is 1. The highest BCUT2D eigenvalue weighted by Crippen LogP contribution is 2.36. The predicted octanol–water partition coefficient (Wildman–Crippen LogP) is 2.23. The molecule has 1 heterocycles. The summed E-state index contributed by atoms with van der Waals surface area (Å²) in [6.07, 6.45) is 8.98. The lowest BCUT2D eigenvalue weighted by atomic mass is 9.89.